The van der Waals surface area contributed by atoms with Gasteiger partial charge in [0, 0.05) is 16.6 Å². The van der Waals surface area contributed by atoms with Crippen molar-refractivity contribution in [3.63, 3.8) is 0 Å². The molecule has 1 heterocycles. The number of hydrogen-bond acceptors (Lipinski definition) is 2. The lowest BCUT2D eigenvalue weighted by Gasteiger charge is -2.22. The molecule has 0 spiro atoms. The van der Waals surface area contributed by atoms with Gasteiger partial charge in [-0.15, -0.1) is 0 Å². The Morgan fingerprint density at radius 3 is 2.50 bits per heavy atom. The zero-order chi connectivity index (χ0) is 14.5. The largest absolute Gasteiger partial charge is 0.326 e. The van der Waals surface area contributed by atoms with Crippen LogP contribution in [0.15, 0.2) is 16.6 Å². The number of benzene rings is 1. The van der Waals surface area contributed by atoms with Crippen LogP contribution in [0.1, 0.15) is 36.8 Å². The molecule has 0 unspecified atom stereocenters. The Labute approximate surface area is 129 Å². The fourth-order valence-electron chi connectivity index (χ4n) is 2.82. The average molecular weight is 339 g/mol. The van der Waals surface area contributed by atoms with Crippen LogP contribution in [0.5, 0.6) is 0 Å². The van der Waals surface area contributed by atoms with Crippen molar-refractivity contribution in [1.29, 1.82) is 0 Å². The molecular formula is C16H23BrN2O. The van der Waals surface area contributed by atoms with E-state index in [4.69, 9.17) is 0 Å². The first-order valence-electron chi connectivity index (χ1n) is 7.33. The highest BCUT2D eigenvalue weighted by molar-refractivity contribution is 9.10. The molecule has 1 aliphatic heterocycles. The fraction of sp³-hybridized carbons (Fsp3) is 0.562. The molecule has 0 radical (unpaired) electrons. The number of anilines is 1. The third kappa shape index (κ3) is 4.32. The molecule has 1 aliphatic rings. The van der Waals surface area contributed by atoms with Gasteiger partial charge in [-0.05, 0) is 75.4 Å². The van der Waals surface area contributed by atoms with Crippen molar-refractivity contribution in [2.75, 3.05) is 18.4 Å². The van der Waals surface area contributed by atoms with E-state index in [9.17, 15) is 4.79 Å². The third-order valence-corrected chi connectivity index (χ3v) is 4.46. The minimum Gasteiger partial charge on any atom is -0.326 e. The first kappa shape index (κ1) is 15.5. The van der Waals surface area contributed by atoms with Crippen molar-refractivity contribution in [2.45, 2.75) is 39.5 Å². The first-order valence-corrected chi connectivity index (χ1v) is 8.13. The maximum atomic E-state index is 12.1. The Balaban J connectivity index is 1.88. The van der Waals surface area contributed by atoms with E-state index in [1.807, 2.05) is 26.0 Å². The second-order valence-electron chi connectivity index (χ2n) is 5.69. The van der Waals surface area contributed by atoms with E-state index < -0.39 is 0 Å². The maximum Gasteiger partial charge on any atom is 0.224 e. The van der Waals surface area contributed by atoms with Crippen LogP contribution in [-0.2, 0) is 4.79 Å². The first-order chi connectivity index (χ1) is 9.56. The summed E-state index contributed by atoms with van der Waals surface area (Å²) in [5, 5.41) is 6.43. The molecule has 3 nitrogen and oxygen atoms in total. The third-order valence-electron chi connectivity index (χ3n) is 4.00. The summed E-state index contributed by atoms with van der Waals surface area (Å²) in [6, 6.07) is 4.07. The highest BCUT2D eigenvalue weighted by Gasteiger charge is 2.15. The van der Waals surface area contributed by atoms with Crippen molar-refractivity contribution < 1.29 is 4.79 Å². The summed E-state index contributed by atoms with van der Waals surface area (Å²) in [5.74, 6) is 0.839. The zero-order valence-electron chi connectivity index (χ0n) is 12.3. The molecule has 1 amide bonds. The molecule has 1 saturated heterocycles. The smallest absolute Gasteiger partial charge is 0.224 e. The SMILES string of the molecule is Cc1cc(Br)cc(C)c1NC(=O)CCC1CCNCC1. The number of carbonyl (C=O) groups excluding carboxylic acids is 1. The number of aryl methyl sites for hydroxylation is 2. The summed E-state index contributed by atoms with van der Waals surface area (Å²) in [6.45, 7) is 6.24. The number of rotatable bonds is 4. The summed E-state index contributed by atoms with van der Waals surface area (Å²) in [4.78, 5) is 12.1. The van der Waals surface area contributed by atoms with Gasteiger partial charge < -0.3 is 10.6 Å². The summed E-state index contributed by atoms with van der Waals surface area (Å²) in [5.41, 5.74) is 3.17. The van der Waals surface area contributed by atoms with Gasteiger partial charge >= 0.3 is 0 Å². The van der Waals surface area contributed by atoms with Crippen molar-refractivity contribution in [3.8, 4) is 0 Å². The van der Waals surface area contributed by atoms with Crippen molar-refractivity contribution in [3.05, 3.63) is 27.7 Å². The molecule has 1 aromatic rings. The van der Waals surface area contributed by atoms with E-state index >= 15 is 0 Å². The summed E-state index contributed by atoms with van der Waals surface area (Å²) in [6.07, 6.45) is 4.02. The highest BCUT2D eigenvalue weighted by Crippen LogP contribution is 2.25. The summed E-state index contributed by atoms with van der Waals surface area (Å²) < 4.78 is 1.06. The molecule has 0 saturated carbocycles. The molecule has 110 valence electrons. The minimum atomic E-state index is 0.136. The van der Waals surface area contributed by atoms with Gasteiger partial charge in [0.2, 0.25) is 5.91 Å². The fourth-order valence-corrected chi connectivity index (χ4v) is 3.50. The lowest BCUT2D eigenvalue weighted by molar-refractivity contribution is -0.116. The van der Waals surface area contributed by atoms with Gasteiger partial charge in [0.25, 0.3) is 0 Å². The van der Waals surface area contributed by atoms with Crippen LogP contribution in [0.25, 0.3) is 0 Å². The Kier molecular flexibility index (Phi) is 5.61. The number of piperidine rings is 1. The second kappa shape index (κ2) is 7.23. The standard InChI is InChI=1S/C16H23BrN2O/c1-11-9-14(17)10-12(2)16(11)19-15(20)4-3-13-5-7-18-8-6-13/h9-10,13,18H,3-8H2,1-2H3,(H,19,20). The summed E-state index contributed by atoms with van der Waals surface area (Å²) >= 11 is 3.48. The van der Waals surface area contributed by atoms with Gasteiger partial charge in [-0.25, -0.2) is 0 Å². The molecule has 1 fully saturated rings. The van der Waals surface area contributed by atoms with Gasteiger partial charge in [0.15, 0.2) is 0 Å². The van der Waals surface area contributed by atoms with E-state index in [0.29, 0.717) is 12.3 Å². The van der Waals surface area contributed by atoms with E-state index in [1.165, 1.54) is 12.8 Å². The van der Waals surface area contributed by atoms with Gasteiger partial charge in [0.1, 0.15) is 0 Å². The van der Waals surface area contributed by atoms with E-state index in [0.717, 1.165) is 40.8 Å². The van der Waals surface area contributed by atoms with Crippen LogP contribution >= 0.6 is 15.9 Å². The van der Waals surface area contributed by atoms with Crippen LogP contribution in [0.4, 0.5) is 5.69 Å². The number of nitrogens with one attached hydrogen (secondary N) is 2. The van der Waals surface area contributed by atoms with E-state index in [2.05, 4.69) is 26.6 Å². The number of hydrogen-bond donors (Lipinski definition) is 2. The Bertz CT molecular complexity index is 458. The predicted octanol–water partition coefficient (Wildman–Crippen LogP) is 3.78. The van der Waals surface area contributed by atoms with Crippen LogP contribution in [-0.4, -0.2) is 19.0 Å². The molecule has 0 aliphatic carbocycles. The monoisotopic (exact) mass is 338 g/mol. The molecule has 20 heavy (non-hydrogen) atoms. The van der Waals surface area contributed by atoms with Gasteiger partial charge in [-0.2, -0.15) is 0 Å². The molecule has 1 aromatic carbocycles. The predicted molar refractivity (Wildman–Crippen MR) is 87.1 cm³/mol. The maximum absolute atomic E-state index is 12.1. The minimum absolute atomic E-state index is 0.136. The Morgan fingerprint density at radius 1 is 1.30 bits per heavy atom. The molecule has 2 rings (SSSR count). The Hall–Kier alpha value is -0.870. The molecule has 4 heteroatoms. The molecule has 0 aromatic heterocycles. The highest BCUT2D eigenvalue weighted by atomic mass is 79.9. The molecular weight excluding hydrogens is 316 g/mol. The molecule has 2 N–H and O–H groups in total. The normalized spacial score (nSPS) is 16.1. The van der Waals surface area contributed by atoms with Gasteiger partial charge in [0.05, 0.1) is 0 Å². The van der Waals surface area contributed by atoms with Crippen LogP contribution < -0.4 is 10.6 Å². The Morgan fingerprint density at radius 2 is 1.90 bits per heavy atom. The number of halogens is 1. The van der Waals surface area contributed by atoms with Crippen LogP contribution in [0, 0.1) is 19.8 Å². The second-order valence-corrected chi connectivity index (χ2v) is 6.61. The van der Waals surface area contributed by atoms with Gasteiger partial charge in [-0.1, -0.05) is 15.9 Å². The summed E-state index contributed by atoms with van der Waals surface area (Å²) in [7, 11) is 0. The lowest BCUT2D eigenvalue weighted by Crippen LogP contribution is -2.28. The van der Waals surface area contributed by atoms with E-state index in [-0.39, 0.29) is 5.91 Å². The van der Waals surface area contributed by atoms with Gasteiger partial charge in [-0.3, -0.25) is 4.79 Å². The molecule has 0 bridgehead atoms. The van der Waals surface area contributed by atoms with Crippen LogP contribution in [0.2, 0.25) is 0 Å². The number of amides is 1. The van der Waals surface area contributed by atoms with Crippen LogP contribution in [0.3, 0.4) is 0 Å². The van der Waals surface area contributed by atoms with Crippen molar-refractivity contribution in [1.82, 2.24) is 5.32 Å². The lowest BCUT2D eigenvalue weighted by atomic mass is 9.93. The van der Waals surface area contributed by atoms with Crippen molar-refractivity contribution in [2.24, 2.45) is 5.92 Å². The molecule has 0 atom stereocenters. The average Bonchev–Trinajstić information content (AvgIpc) is 2.42. The van der Waals surface area contributed by atoms with E-state index in [1.54, 1.807) is 0 Å². The zero-order valence-corrected chi connectivity index (χ0v) is 13.8. The quantitative estimate of drug-likeness (QED) is 0.876. The van der Waals surface area contributed by atoms with Crippen molar-refractivity contribution >= 4 is 27.5 Å². The number of carbonyl (C=O) groups is 1. The topological polar surface area (TPSA) is 41.1 Å².